The number of rotatable bonds is 6. The van der Waals surface area contributed by atoms with Crippen molar-refractivity contribution >= 4 is 23.5 Å². The van der Waals surface area contributed by atoms with E-state index in [1.807, 2.05) is 0 Å². The molecule has 1 unspecified atom stereocenters. The molecule has 2 rings (SSSR count). The van der Waals surface area contributed by atoms with E-state index in [4.69, 9.17) is 14.2 Å². The van der Waals surface area contributed by atoms with E-state index in [1.165, 1.54) is 14.2 Å². The topological polar surface area (TPSA) is 103 Å². The third kappa shape index (κ3) is 4.60. The lowest BCUT2D eigenvalue weighted by molar-refractivity contribution is -0.149. The summed E-state index contributed by atoms with van der Waals surface area (Å²) in [5.74, 6) is -0.275. The molecule has 8 nitrogen and oxygen atoms in total. The highest BCUT2D eigenvalue weighted by Crippen LogP contribution is 2.25. The van der Waals surface area contributed by atoms with Gasteiger partial charge in [-0.05, 0) is 6.42 Å². The Morgan fingerprint density at radius 2 is 1.87 bits per heavy atom. The quantitative estimate of drug-likeness (QED) is 0.738. The van der Waals surface area contributed by atoms with Crippen LogP contribution in [-0.4, -0.2) is 44.7 Å². The van der Waals surface area contributed by atoms with Crippen LogP contribution in [0.15, 0.2) is 18.2 Å². The van der Waals surface area contributed by atoms with Crippen LogP contribution in [0, 0.1) is 0 Å². The highest BCUT2D eigenvalue weighted by molar-refractivity contribution is 5.94. The molecule has 1 aliphatic rings. The lowest BCUT2D eigenvalue weighted by Gasteiger charge is -2.12. The van der Waals surface area contributed by atoms with Gasteiger partial charge in [-0.2, -0.15) is 0 Å². The summed E-state index contributed by atoms with van der Waals surface area (Å²) in [6.07, 6.45) is 0.669. The second-order valence-corrected chi connectivity index (χ2v) is 4.92. The van der Waals surface area contributed by atoms with Crippen molar-refractivity contribution in [2.45, 2.75) is 18.9 Å². The van der Waals surface area contributed by atoms with Gasteiger partial charge in [0.25, 0.3) is 5.91 Å². The van der Waals surface area contributed by atoms with Gasteiger partial charge in [-0.15, -0.1) is 0 Å². The average Bonchev–Trinajstić information content (AvgIpc) is 2.98. The van der Waals surface area contributed by atoms with Crippen LogP contribution in [0.4, 0.5) is 5.69 Å². The van der Waals surface area contributed by atoms with E-state index < -0.39 is 24.5 Å². The molecular formula is C15H18N2O6. The molecule has 0 bridgehead atoms. The van der Waals surface area contributed by atoms with E-state index >= 15 is 0 Å². The molecular weight excluding hydrogens is 304 g/mol. The van der Waals surface area contributed by atoms with Crippen LogP contribution in [0.25, 0.3) is 0 Å². The zero-order valence-electron chi connectivity index (χ0n) is 12.9. The Morgan fingerprint density at radius 3 is 2.39 bits per heavy atom. The summed E-state index contributed by atoms with van der Waals surface area (Å²) in [5, 5.41) is 5.06. The molecule has 0 radical (unpaired) electrons. The zero-order chi connectivity index (χ0) is 16.8. The molecule has 23 heavy (non-hydrogen) atoms. The normalized spacial score (nSPS) is 16.4. The Bertz CT molecular complexity index is 594. The highest BCUT2D eigenvalue weighted by atomic mass is 16.5. The molecule has 1 aliphatic heterocycles. The average molecular weight is 322 g/mol. The first-order valence-corrected chi connectivity index (χ1v) is 7.00. The van der Waals surface area contributed by atoms with Gasteiger partial charge >= 0.3 is 5.97 Å². The van der Waals surface area contributed by atoms with E-state index in [0.717, 1.165) is 0 Å². The maximum Gasteiger partial charge on any atom is 0.329 e. The maximum atomic E-state index is 11.8. The van der Waals surface area contributed by atoms with Crippen LogP contribution in [0.2, 0.25) is 0 Å². The largest absolute Gasteiger partial charge is 0.497 e. The monoisotopic (exact) mass is 322 g/mol. The van der Waals surface area contributed by atoms with Crippen molar-refractivity contribution in [3.8, 4) is 11.5 Å². The van der Waals surface area contributed by atoms with Gasteiger partial charge < -0.3 is 24.8 Å². The van der Waals surface area contributed by atoms with Crippen LogP contribution in [0.1, 0.15) is 12.8 Å². The first kappa shape index (κ1) is 16.6. The van der Waals surface area contributed by atoms with Gasteiger partial charge in [0, 0.05) is 30.3 Å². The Balaban J connectivity index is 1.87. The molecule has 0 saturated carbocycles. The zero-order valence-corrected chi connectivity index (χ0v) is 12.9. The third-order valence-corrected chi connectivity index (χ3v) is 3.26. The second kappa shape index (κ2) is 7.48. The van der Waals surface area contributed by atoms with Crippen molar-refractivity contribution in [2.24, 2.45) is 0 Å². The van der Waals surface area contributed by atoms with Crippen molar-refractivity contribution in [2.75, 3.05) is 26.1 Å². The van der Waals surface area contributed by atoms with Crippen molar-refractivity contribution in [1.29, 1.82) is 0 Å². The molecule has 1 fully saturated rings. The Labute approximate surface area is 133 Å². The lowest BCUT2D eigenvalue weighted by atomic mass is 10.2. The van der Waals surface area contributed by atoms with Crippen molar-refractivity contribution < 1.29 is 28.6 Å². The summed E-state index contributed by atoms with van der Waals surface area (Å²) >= 11 is 0. The standard InChI is InChI=1S/C15H18N2O6/c1-21-10-5-9(6-11(7-10)22-2)16-14(19)8-23-15(20)12-3-4-13(18)17-12/h5-7,12H,3-4,8H2,1-2H3,(H,16,19)(H,17,18). The lowest BCUT2D eigenvalue weighted by Crippen LogP contribution is -2.36. The fraction of sp³-hybridized carbons (Fsp3) is 0.400. The number of methoxy groups -OCH3 is 2. The first-order valence-electron chi connectivity index (χ1n) is 7.00. The minimum Gasteiger partial charge on any atom is -0.497 e. The number of esters is 1. The van der Waals surface area contributed by atoms with Crippen LogP contribution in [0.3, 0.4) is 0 Å². The molecule has 2 amide bonds. The van der Waals surface area contributed by atoms with Crippen LogP contribution < -0.4 is 20.1 Å². The van der Waals surface area contributed by atoms with E-state index in [0.29, 0.717) is 23.6 Å². The number of ether oxygens (including phenoxy) is 3. The summed E-state index contributed by atoms with van der Waals surface area (Å²) in [6, 6.07) is 4.21. The van der Waals surface area contributed by atoms with Gasteiger partial charge in [-0.25, -0.2) is 4.79 Å². The van der Waals surface area contributed by atoms with Gasteiger partial charge in [0.1, 0.15) is 17.5 Å². The number of carbonyl (C=O) groups excluding carboxylic acids is 3. The predicted octanol–water partition coefficient (Wildman–Crippen LogP) is 0.464. The fourth-order valence-electron chi connectivity index (χ4n) is 2.10. The number of anilines is 1. The highest BCUT2D eigenvalue weighted by Gasteiger charge is 2.28. The number of nitrogens with one attached hydrogen (secondary N) is 2. The molecule has 2 N–H and O–H groups in total. The summed E-state index contributed by atoms with van der Waals surface area (Å²) in [7, 11) is 3.00. The van der Waals surface area contributed by atoms with Crippen molar-refractivity contribution in [3.05, 3.63) is 18.2 Å². The summed E-state index contributed by atoms with van der Waals surface area (Å²) in [4.78, 5) is 34.6. The van der Waals surface area contributed by atoms with E-state index in [9.17, 15) is 14.4 Å². The number of hydrogen-bond acceptors (Lipinski definition) is 6. The summed E-state index contributed by atoms with van der Waals surface area (Å²) in [5.41, 5.74) is 0.455. The number of hydrogen-bond donors (Lipinski definition) is 2. The second-order valence-electron chi connectivity index (χ2n) is 4.92. The predicted molar refractivity (Wildman–Crippen MR) is 80.3 cm³/mol. The van der Waals surface area contributed by atoms with Gasteiger partial charge in [0.2, 0.25) is 5.91 Å². The van der Waals surface area contributed by atoms with E-state index in [-0.39, 0.29) is 12.3 Å². The minimum absolute atomic E-state index is 0.195. The third-order valence-electron chi connectivity index (χ3n) is 3.26. The molecule has 1 atom stereocenters. The molecule has 1 saturated heterocycles. The van der Waals surface area contributed by atoms with Crippen LogP contribution >= 0.6 is 0 Å². The van der Waals surface area contributed by atoms with Gasteiger partial charge in [0.05, 0.1) is 14.2 Å². The van der Waals surface area contributed by atoms with Gasteiger partial charge in [0.15, 0.2) is 6.61 Å². The Kier molecular flexibility index (Phi) is 5.40. The van der Waals surface area contributed by atoms with Crippen LogP contribution in [-0.2, 0) is 19.1 Å². The minimum atomic E-state index is -0.674. The number of benzene rings is 1. The molecule has 0 aliphatic carbocycles. The molecule has 1 heterocycles. The fourth-order valence-corrected chi connectivity index (χ4v) is 2.10. The molecule has 124 valence electrons. The summed E-state index contributed by atoms with van der Waals surface area (Å²) in [6.45, 7) is -0.440. The van der Waals surface area contributed by atoms with Gasteiger partial charge in [-0.3, -0.25) is 9.59 Å². The first-order chi connectivity index (χ1) is 11.0. The Morgan fingerprint density at radius 1 is 1.22 bits per heavy atom. The number of carbonyl (C=O) groups is 3. The smallest absolute Gasteiger partial charge is 0.329 e. The van der Waals surface area contributed by atoms with E-state index in [2.05, 4.69) is 10.6 Å². The van der Waals surface area contributed by atoms with E-state index in [1.54, 1.807) is 18.2 Å². The molecule has 8 heteroatoms. The van der Waals surface area contributed by atoms with Crippen LogP contribution in [0.5, 0.6) is 11.5 Å². The summed E-state index contributed by atoms with van der Waals surface area (Å²) < 4.78 is 15.1. The molecule has 0 spiro atoms. The molecule has 1 aromatic rings. The van der Waals surface area contributed by atoms with Crippen molar-refractivity contribution in [1.82, 2.24) is 5.32 Å². The van der Waals surface area contributed by atoms with Crippen molar-refractivity contribution in [3.63, 3.8) is 0 Å². The SMILES string of the molecule is COc1cc(NC(=O)COC(=O)C2CCC(=O)N2)cc(OC)c1. The Hall–Kier alpha value is -2.77. The maximum absolute atomic E-state index is 11.8. The molecule has 0 aromatic heterocycles. The number of amides is 2. The van der Waals surface area contributed by atoms with Gasteiger partial charge in [-0.1, -0.05) is 0 Å². The molecule has 1 aromatic carbocycles.